The summed E-state index contributed by atoms with van der Waals surface area (Å²) >= 11 is 5.09. The van der Waals surface area contributed by atoms with Gasteiger partial charge in [0.2, 0.25) is 11.9 Å². The van der Waals surface area contributed by atoms with E-state index in [1.54, 1.807) is 18.4 Å². The van der Waals surface area contributed by atoms with Gasteiger partial charge in [-0.15, -0.1) is 11.3 Å². The molecule has 0 saturated carbocycles. The van der Waals surface area contributed by atoms with Crippen molar-refractivity contribution >= 4 is 38.1 Å². The van der Waals surface area contributed by atoms with Gasteiger partial charge in [0.1, 0.15) is 5.75 Å². The summed E-state index contributed by atoms with van der Waals surface area (Å²) in [5, 5.41) is 10.00. The Hall–Kier alpha value is -3.36. The summed E-state index contributed by atoms with van der Waals surface area (Å²) in [5.41, 5.74) is 5.19. The first-order valence-electron chi connectivity index (χ1n) is 10.8. The summed E-state index contributed by atoms with van der Waals surface area (Å²) in [6, 6.07) is 22.3. The molecule has 3 aromatic carbocycles. The molecule has 4 aromatic rings. The minimum Gasteiger partial charge on any atom is -0.497 e. The van der Waals surface area contributed by atoms with E-state index in [0.29, 0.717) is 0 Å². The van der Waals surface area contributed by atoms with Gasteiger partial charge < -0.3 is 14.2 Å². The molecular weight excluding hydrogens is 514 g/mol. The lowest BCUT2D eigenvalue weighted by Gasteiger charge is -2.21. The van der Waals surface area contributed by atoms with E-state index in [9.17, 15) is 0 Å². The van der Waals surface area contributed by atoms with Gasteiger partial charge in [0, 0.05) is 21.8 Å². The van der Waals surface area contributed by atoms with Crippen LogP contribution in [0.25, 0.3) is 11.3 Å². The Morgan fingerprint density at radius 1 is 0.971 bits per heavy atom. The average Bonchev–Trinajstić information content (AvgIpc) is 3.63. The molecule has 1 atom stereocenters. The summed E-state index contributed by atoms with van der Waals surface area (Å²) in [6.07, 6.45) is 0.749. The topological polar surface area (TPSA) is 56.2 Å². The van der Waals surface area contributed by atoms with E-state index in [0.717, 1.165) is 61.4 Å². The summed E-state index contributed by atoms with van der Waals surface area (Å²) in [6.45, 7) is 0.254. The Morgan fingerprint density at radius 3 is 2.53 bits per heavy atom. The number of rotatable bonds is 5. The second-order valence-corrected chi connectivity index (χ2v) is 9.73. The molecule has 2 aliphatic heterocycles. The number of fused-ring (bicyclic) bond motifs is 1. The molecule has 6 rings (SSSR count). The fourth-order valence-corrected chi connectivity index (χ4v) is 5.24. The number of aromatic nitrogens is 1. The van der Waals surface area contributed by atoms with Gasteiger partial charge in [-0.2, -0.15) is 5.10 Å². The summed E-state index contributed by atoms with van der Waals surface area (Å²) < 4.78 is 17.5. The molecule has 170 valence electrons. The number of thiazole rings is 1. The van der Waals surface area contributed by atoms with Crippen molar-refractivity contribution in [1.29, 1.82) is 0 Å². The Balaban J connectivity index is 1.38. The Labute approximate surface area is 209 Å². The van der Waals surface area contributed by atoms with Gasteiger partial charge >= 0.3 is 0 Å². The fourth-order valence-electron chi connectivity index (χ4n) is 4.15. The SMILES string of the molecule is COc1ccc(C2=NN(c3nc(-c4ccc(Br)cc4)cs3)C(c3ccc4c(c3)OCO4)C2)cc1. The van der Waals surface area contributed by atoms with Crippen LogP contribution in [0.1, 0.15) is 23.6 Å². The molecule has 3 heterocycles. The van der Waals surface area contributed by atoms with E-state index in [4.69, 9.17) is 24.3 Å². The normalized spacial score (nSPS) is 16.6. The molecule has 34 heavy (non-hydrogen) atoms. The van der Waals surface area contributed by atoms with Gasteiger partial charge in [0.25, 0.3) is 0 Å². The number of methoxy groups -OCH3 is 1. The highest BCUT2D eigenvalue weighted by atomic mass is 79.9. The molecule has 0 bridgehead atoms. The number of anilines is 1. The number of hydrogen-bond donors (Lipinski definition) is 0. The van der Waals surface area contributed by atoms with Crippen molar-refractivity contribution in [2.24, 2.45) is 5.10 Å². The highest BCUT2D eigenvalue weighted by molar-refractivity contribution is 9.10. The Kier molecular flexibility index (Phi) is 5.47. The quantitative estimate of drug-likeness (QED) is 0.287. The number of halogens is 1. The molecule has 0 fully saturated rings. The smallest absolute Gasteiger partial charge is 0.231 e. The highest BCUT2D eigenvalue weighted by Gasteiger charge is 2.33. The van der Waals surface area contributed by atoms with Crippen LogP contribution < -0.4 is 19.2 Å². The minimum atomic E-state index is -0.00415. The third-order valence-corrected chi connectivity index (χ3v) is 7.30. The maximum absolute atomic E-state index is 5.64. The molecule has 1 aromatic heterocycles. The van der Waals surface area contributed by atoms with Crippen molar-refractivity contribution in [2.75, 3.05) is 18.9 Å². The summed E-state index contributed by atoms with van der Waals surface area (Å²) in [7, 11) is 1.67. The highest BCUT2D eigenvalue weighted by Crippen LogP contribution is 2.42. The monoisotopic (exact) mass is 533 g/mol. The second-order valence-electron chi connectivity index (χ2n) is 7.97. The molecule has 0 spiro atoms. The van der Waals surface area contributed by atoms with Gasteiger partial charge in [0.15, 0.2) is 11.5 Å². The first-order valence-corrected chi connectivity index (χ1v) is 12.5. The minimum absolute atomic E-state index is 0.00415. The van der Waals surface area contributed by atoms with E-state index in [1.165, 1.54) is 0 Å². The lowest BCUT2D eigenvalue weighted by Crippen LogP contribution is -2.18. The lowest BCUT2D eigenvalue weighted by molar-refractivity contribution is 0.174. The van der Waals surface area contributed by atoms with E-state index >= 15 is 0 Å². The van der Waals surface area contributed by atoms with Crippen molar-refractivity contribution in [3.05, 3.63) is 87.7 Å². The third kappa shape index (κ3) is 3.93. The van der Waals surface area contributed by atoms with Crippen molar-refractivity contribution in [3.63, 3.8) is 0 Å². The first kappa shape index (κ1) is 21.2. The predicted octanol–water partition coefficient (Wildman–Crippen LogP) is 6.67. The standard InChI is InChI=1S/C26H20BrN3O3S/c1-31-20-9-4-16(5-10-20)21-13-23(18-6-11-24-25(12-18)33-15-32-24)30(29-21)26-28-22(14-34-26)17-2-7-19(27)8-3-17/h2-12,14,23H,13,15H2,1H3. The lowest BCUT2D eigenvalue weighted by atomic mass is 9.98. The van der Waals surface area contributed by atoms with Gasteiger partial charge in [-0.3, -0.25) is 0 Å². The van der Waals surface area contributed by atoms with Crippen LogP contribution in [-0.2, 0) is 0 Å². The number of ether oxygens (including phenoxy) is 3. The van der Waals surface area contributed by atoms with Crippen LogP contribution in [0.4, 0.5) is 5.13 Å². The zero-order valence-electron chi connectivity index (χ0n) is 18.3. The second kappa shape index (κ2) is 8.77. The molecule has 6 nitrogen and oxygen atoms in total. The van der Waals surface area contributed by atoms with E-state index in [-0.39, 0.29) is 12.8 Å². The number of hydrazone groups is 1. The number of hydrogen-bond acceptors (Lipinski definition) is 7. The zero-order chi connectivity index (χ0) is 23.1. The molecule has 0 amide bonds. The molecule has 8 heteroatoms. The van der Waals surface area contributed by atoms with Crippen molar-refractivity contribution in [1.82, 2.24) is 4.98 Å². The van der Waals surface area contributed by atoms with Gasteiger partial charge in [-0.05, 0) is 59.7 Å². The maximum atomic E-state index is 5.64. The predicted molar refractivity (Wildman–Crippen MR) is 137 cm³/mol. The van der Waals surface area contributed by atoms with Crippen LogP contribution in [0.2, 0.25) is 0 Å². The zero-order valence-corrected chi connectivity index (χ0v) is 20.7. The molecule has 0 saturated heterocycles. The molecule has 2 aliphatic rings. The van der Waals surface area contributed by atoms with Crippen LogP contribution in [0.3, 0.4) is 0 Å². The molecule has 0 aliphatic carbocycles. The van der Waals surface area contributed by atoms with Crippen LogP contribution in [-0.4, -0.2) is 24.6 Å². The largest absolute Gasteiger partial charge is 0.497 e. The molecule has 0 radical (unpaired) electrons. The number of benzene rings is 3. The van der Waals surface area contributed by atoms with Crippen molar-refractivity contribution in [3.8, 4) is 28.5 Å². The number of nitrogens with zero attached hydrogens (tertiary/aromatic N) is 3. The Bertz CT molecular complexity index is 1370. The van der Waals surface area contributed by atoms with Crippen molar-refractivity contribution < 1.29 is 14.2 Å². The summed E-state index contributed by atoms with van der Waals surface area (Å²) in [5.74, 6) is 2.37. The first-order chi connectivity index (χ1) is 16.7. The van der Waals surface area contributed by atoms with Crippen LogP contribution >= 0.6 is 27.3 Å². The fraction of sp³-hybridized carbons (Fsp3) is 0.154. The molecule has 1 unspecified atom stereocenters. The molecule has 0 N–H and O–H groups in total. The molecular formula is C26H20BrN3O3S. The maximum Gasteiger partial charge on any atom is 0.231 e. The van der Waals surface area contributed by atoms with Crippen LogP contribution in [0, 0.1) is 0 Å². The van der Waals surface area contributed by atoms with Crippen LogP contribution in [0.15, 0.2) is 81.7 Å². The van der Waals surface area contributed by atoms with Gasteiger partial charge in [-0.1, -0.05) is 34.1 Å². The van der Waals surface area contributed by atoms with E-state index in [2.05, 4.69) is 45.6 Å². The Morgan fingerprint density at radius 2 is 1.74 bits per heavy atom. The van der Waals surface area contributed by atoms with E-state index in [1.807, 2.05) is 47.5 Å². The van der Waals surface area contributed by atoms with Crippen molar-refractivity contribution in [2.45, 2.75) is 12.5 Å². The van der Waals surface area contributed by atoms with Crippen LogP contribution in [0.5, 0.6) is 17.2 Å². The van der Waals surface area contributed by atoms with Gasteiger partial charge in [0.05, 0.1) is 24.6 Å². The average molecular weight is 534 g/mol. The van der Waals surface area contributed by atoms with Gasteiger partial charge in [-0.25, -0.2) is 9.99 Å². The van der Waals surface area contributed by atoms with E-state index < -0.39 is 0 Å². The summed E-state index contributed by atoms with van der Waals surface area (Å²) in [4.78, 5) is 4.94. The third-order valence-electron chi connectivity index (χ3n) is 5.94.